The molecule has 1 aromatic heterocycles. The van der Waals surface area contributed by atoms with Gasteiger partial charge in [-0.3, -0.25) is 4.98 Å². The highest BCUT2D eigenvalue weighted by Crippen LogP contribution is 2.21. The van der Waals surface area contributed by atoms with Crippen LogP contribution in [0.15, 0.2) is 42.6 Å². The third-order valence-electron chi connectivity index (χ3n) is 3.40. The number of hydrogen-bond acceptors (Lipinski definition) is 4. The first kappa shape index (κ1) is 15.3. The molecule has 0 aliphatic carbocycles. The molecule has 2 aromatic rings. The van der Waals surface area contributed by atoms with Crippen molar-refractivity contribution in [2.75, 3.05) is 25.6 Å². The Kier molecular flexibility index (Phi) is 5.11. The second-order valence-electron chi connectivity index (χ2n) is 4.92. The highest BCUT2D eigenvalue weighted by atomic mass is 19.1. The van der Waals surface area contributed by atoms with Gasteiger partial charge >= 0.3 is 0 Å². The van der Waals surface area contributed by atoms with Crippen LogP contribution in [0.2, 0.25) is 0 Å². The molecule has 2 N–H and O–H groups in total. The van der Waals surface area contributed by atoms with Crippen molar-refractivity contribution in [2.45, 2.75) is 12.5 Å². The Hall–Kier alpha value is -2.14. The minimum atomic E-state index is -0.348. The zero-order valence-electron chi connectivity index (χ0n) is 12.3. The maximum absolute atomic E-state index is 12.8. The lowest BCUT2D eigenvalue weighted by molar-refractivity contribution is 0.415. The minimum absolute atomic E-state index is 0.210. The van der Waals surface area contributed by atoms with Crippen molar-refractivity contribution >= 4 is 5.69 Å². The molecular weight excluding hydrogens is 269 g/mol. The SMILES string of the molecule is COc1cccc(N(C)CCC(N)c2ccc(F)cn2)c1. The minimum Gasteiger partial charge on any atom is -0.497 e. The summed E-state index contributed by atoms with van der Waals surface area (Å²) in [7, 11) is 3.65. The van der Waals surface area contributed by atoms with E-state index in [1.807, 2.05) is 31.3 Å². The summed E-state index contributed by atoms with van der Waals surface area (Å²) in [6.45, 7) is 0.771. The van der Waals surface area contributed by atoms with Crippen LogP contribution >= 0.6 is 0 Å². The summed E-state index contributed by atoms with van der Waals surface area (Å²) in [6.07, 6.45) is 1.92. The fraction of sp³-hybridized carbons (Fsp3) is 0.312. The van der Waals surface area contributed by atoms with E-state index in [9.17, 15) is 4.39 Å². The molecule has 2 rings (SSSR count). The van der Waals surface area contributed by atoms with E-state index in [2.05, 4.69) is 9.88 Å². The first-order valence-corrected chi connectivity index (χ1v) is 6.82. The van der Waals surface area contributed by atoms with Gasteiger partial charge in [0.15, 0.2) is 0 Å². The molecule has 5 heteroatoms. The molecule has 0 aliphatic rings. The molecule has 0 radical (unpaired) electrons. The molecule has 112 valence electrons. The van der Waals surface area contributed by atoms with Crippen LogP contribution in [-0.4, -0.2) is 25.7 Å². The highest BCUT2D eigenvalue weighted by molar-refractivity contribution is 5.50. The number of halogens is 1. The smallest absolute Gasteiger partial charge is 0.141 e. The Morgan fingerprint density at radius 3 is 2.81 bits per heavy atom. The van der Waals surface area contributed by atoms with Crippen LogP contribution in [0.5, 0.6) is 5.75 Å². The second kappa shape index (κ2) is 7.04. The number of pyridine rings is 1. The summed E-state index contributed by atoms with van der Waals surface area (Å²) in [4.78, 5) is 6.12. The summed E-state index contributed by atoms with van der Waals surface area (Å²) in [5.74, 6) is 0.475. The molecule has 0 aliphatic heterocycles. The van der Waals surface area contributed by atoms with Crippen LogP contribution in [0.4, 0.5) is 10.1 Å². The molecular formula is C16H20FN3O. The van der Waals surface area contributed by atoms with Gasteiger partial charge in [0.2, 0.25) is 0 Å². The maximum atomic E-state index is 12.8. The van der Waals surface area contributed by atoms with Gasteiger partial charge in [-0.25, -0.2) is 4.39 Å². The molecule has 21 heavy (non-hydrogen) atoms. The van der Waals surface area contributed by atoms with Gasteiger partial charge < -0.3 is 15.4 Å². The van der Waals surface area contributed by atoms with E-state index in [4.69, 9.17) is 10.5 Å². The molecule has 0 amide bonds. The van der Waals surface area contributed by atoms with E-state index < -0.39 is 0 Å². The van der Waals surface area contributed by atoms with E-state index >= 15 is 0 Å². The Morgan fingerprint density at radius 1 is 1.33 bits per heavy atom. The first-order valence-electron chi connectivity index (χ1n) is 6.82. The van der Waals surface area contributed by atoms with E-state index in [0.29, 0.717) is 5.69 Å². The number of rotatable bonds is 6. The van der Waals surface area contributed by atoms with Crippen molar-refractivity contribution in [3.05, 3.63) is 54.1 Å². The zero-order valence-corrected chi connectivity index (χ0v) is 12.3. The van der Waals surface area contributed by atoms with Gasteiger partial charge in [-0.05, 0) is 30.7 Å². The molecule has 1 aromatic carbocycles. The van der Waals surface area contributed by atoms with Gasteiger partial charge in [-0.15, -0.1) is 0 Å². The van der Waals surface area contributed by atoms with Gasteiger partial charge in [0.1, 0.15) is 11.6 Å². The molecule has 1 heterocycles. The lowest BCUT2D eigenvalue weighted by atomic mass is 10.1. The Morgan fingerprint density at radius 2 is 2.14 bits per heavy atom. The third kappa shape index (κ3) is 4.16. The van der Waals surface area contributed by atoms with Crippen molar-refractivity contribution in [2.24, 2.45) is 5.73 Å². The number of anilines is 1. The maximum Gasteiger partial charge on any atom is 0.141 e. The number of aromatic nitrogens is 1. The van der Waals surface area contributed by atoms with E-state index in [-0.39, 0.29) is 11.9 Å². The summed E-state index contributed by atoms with van der Waals surface area (Å²) in [6, 6.07) is 10.7. The Bertz CT molecular complexity index is 574. The standard InChI is InChI=1S/C16H20FN3O/c1-20(13-4-3-5-14(10-13)21-2)9-8-15(18)16-7-6-12(17)11-19-16/h3-7,10-11,15H,8-9,18H2,1-2H3. The average Bonchev–Trinajstić information content (AvgIpc) is 2.53. The predicted molar refractivity (Wildman–Crippen MR) is 82.0 cm³/mol. The predicted octanol–water partition coefficient (Wildman–Crippen LogP) is 2.76. The quantitative estimate of drug-likeness (QED) is 0.888. The monoisotopic (exact) mass is 289 g/mol. The van der Waals surface area contributed by atoms with Crippen molar-refractivity contribution < 1.29 is 9.13 Å². The van der Waals surface area contributed by atoms with Crippen molar-refractivity contribution in [3.8, 4) is 5.75 Å². The van der Waals surface area contributed by atoms with Gasteiger partial charge in [0, 0.05) is 31.4 Å². The summed E-state index contributed by atoms with van der Waals surface area (Å²) >= 11 is 0. The van der Waals surface area contributed by atoms with Gasteiger partial charge in [-0.1, -0.05) is 6.07 Å². The molecule has 1 unspecified atom stereocenters. The van der Waals surface area contributed by atoms with Gasteiger partial charge in [-0.2, -0.15) is 0 Å². The largest absolute Gasteiger partial charge is 0.497 e. The van der Waals surface area contributed by atoms with E-state index in [0.717, 1.165) is 24.4 Å². The summed E-state index contributed by atoms with van der Waals surface area (Å²) in [5.41, 5.74) is 7.86. The van der Waals surface area contributed by atoms with Crippen LogP contribution in [0.25, 0.3) is 0 Å². The van der Waals surface area contributed by atoms with Crippen LogP contribution in [0.1, 0.15) is 18.2 Å². The molecule has 0 saturated carbocycles. The summed E-state index contributed by atoms with van der Waals surface area (Å²) < 4.78 is 18.0. The van der Waals surface area contributed by atoms with Crippen LogP contribution in [0.3, 0.4) is 0 Å². The first-order chi connectivity index (χ1) is 10.1. The summed E-state index contributed by atoms with van der Waals surface area (Å²) in [5, 5.41) is 0. The molecule has 4 nitrogen and oxygen atoms in total. The zero-order chi connectivity index (χ0) is 15.2. The van der Waals surface area contributed by atoms with Crippen LogP contribution < -0.4 is 15.4 Å². The molecule has 0 saturated heterocycles. The number of hydrogen-bond donors (Lipinski definition) is 1. The van der Waals surface area contributed by atoms with Gasteiger partial charge in [0.25, 0.3) is 0 Å². The normalized spacial score (nSPS) is 12.0. The lowest BCUT2D eigenvalue weighted by Crippen LogP contribution is -2.23. The molecule has 0 spiro atoms. The fourth-order valence-corrected chi connectivity index (χ4v) is 2.06. The third-order valence-corrected chi connectivity index (χ3v) is 3.40. The highest BCUT2D eigenvalue weighted by Gasteiger charge is 2.10. The Balaban J connectivity index is 1.93. The molecule has 1 atom stereocenters. The number of nitrogens with zero attached hydrogens (tertiary/aromatic N) is 2. The fourth-order valence-electron chi connectivity index (χ4n) is 2.06. The van der Waals surface area contributed by atoms with Crippen molar-refractivity contribution in [3.63, 3.8) is 0 Å². The number of methoxy groups -OCH3 is 1. The number of benzene rings is 1. The topological polar surface area (TPSA) is 51.4 Å². The van der Waals surface area contributed by atoms with Crippen molar-refractivity contribution in [1.82, 2.24) is 4.98 Å². The number of nitrogens with two attached hydrogens (primary N) is 1. The molecule has 0 bridgehead atoms. The number of ether oxygens (including phenoxy) is 1. The van der Waals surface area contributed by atoms with Crippen LogP contribution in [0, 0.1) is 5.82 Å². The Labute approximate surface area is 124 Å². The average molecular weight is 289 g/mol. The van der Waals surface area contributed by atoms with Gasteiger partial charge in [0.05, 0.1) is 19.0 Å². The van der Waals surface area contributed by atoms with Crippen LogP contribution in [-0.2, 0) is 0 Å². The van der Waals surface area contributed by atoms with E-state index in [1.165, 1.54) is 12.3 Å². The molecule has 0 fully saturated rings. The second-order valence-corrected chi connectivity index (χ2v) is 4.92. The lowest BCUT2D eigenvalue weighted by Gasteiger charge is -2.21. The van der Waals surface area contributed by atoms with E-state index in [1.54, 1.807) is 13.2 Å². The van der Waals surface area contributed by atoms with Crippen molar-refractivity contribution in [1.29, 1.82) is 0 Å².